The molecular weight excluding hydrogens is 335 g/mol. The number of hydrogen-bond acceptors (Lipinski definition) is 4. The zero-order valence-electron chi connectivity index (χ0n) is 14.6. The van der Waals surface area contributed by atoms with E-state index in [-0.39, 0.29) is 30.7 Å². The fourth-order valence-corrected chi connectivity index (χ4v) is 3.57. The zero-order valence-corrected chi connectivity index (χ0v) is 16.2. The highest BCUT2D eigenvalue weighted by Crippen LogP contribution is 2.25. The minimum atomic E-state index is -0.601. The fourth-order valence-electron chi connectivity index (χ4n) is 3.57. The number of nitrogens with zero attached hydrogens (tertiary/aromatic N) is 2. The number of rotatable bonds is 5. The Hall–Kier alpha value is -0.0700. The molecule has 1 aliphatic heterocycles. The molecule has 0 radical (unpaired) electrons. The Bertz CT molecular complexity index is 341. The number of carbonyl (C=O) groups excluding carboxylic acids is 1. The van der Waals surface area contributed by atoms with E-state index in [1.54, 1.807) is 0 Å². The number of amides is 1. The second-order valence-electron chi connectivity index (χ2n) is 7.01. The number of carbonyl (C=O) groups is 1. The molecular formula is C16H34Cl2N4O. The molecule has 1 heterocycles. The number of piperidine rings is 1. The predicted molar refractivity (Wildman–Crippen MR) is 101 cm³/mol. The van der Waals surface area contributed by atoms with E-state index in [1.807, 2.05) is 0 Å². The molecule has 0 bridgehead atoms. The van der Waals surface area contributed by atoms with Gasteiger partial charge in [-0.2, -0.15) is 0 Å². The molecule has 1 saturated heterocycles. The summed E-state index contributed by atoms with van der Waals surface area (Å²) in [7, 11) is 4.32. The topological polar surface area (TPSA) is 61.6 Å². The SMILES string of the molecule is CN(C)C1CCN(CCNC(=O)C2(N)CCCCC2)CC1.Cl.Cl. The minimum Gasteiger partial charge on any atom is -0.353 e. The molecule has 2 rings (SSSR count). The lowest BCUT2D eigenvalue weighted by atomic mass is 9.82. The van der Waals surface area contributed by atoms with Gasteiger partial charge in [-0.3, -0.25) is 4.79 Å². The lowest BCUT2D eigenvalue weighted by molar-refractivity contribution is -0.127. The van der Waals surface area contributed by atoms with Crippen molar-refractivity contribution in [3.8, 4) is 0 Å². The van der Waals surface area contributed by atoms with Crippen molar-refractivity contribution < 1.29 is 4.79 Å². The number of nitrogens with two attached hydrogens (primary N) is 1. The van der Waals surface area contributed by atoms with E-state index < -0.39 is 5.54 Å². The zero-order chi connectivity index (χ0) is 15.3. The average molecular weight is 369 g/mol. The van der Waals surface area contributed by atoms with Gasteiger partial charge in [-0.25, -0.2) is 0 Å². The minimum absolute atomic E-state index is 0. The van der Waals surface area contributed by atoms with Gasteiger partial charge in [0.25, 0.3) is 0 Å². The molecule has 3 N–H and O–H groups in total. The van der Waals surface area contributed by atoms with Crippen molar-refractivity contribution in [2.24, 2.45) is 5.73 Å². The first-order valence-electron chi connectivity index (χ1n) is 8.47. The molecule has 2 aliphatic rings. The van der Waals surface area contributed by atoms with Crippen LogP contribution in [0.15, 0.2) is 0 Å². The van der Waals surface area contributed by atoms with Gasteiger partial charge in [-0.1, -0.05) is 19.3 Å². The molecule has 2 fully saturated rings. The van der Waals surface area contributed by atoms with Crippen molar-refractivity contribution in [1.29, 1.82) is 0 Å². The third-order valence-corrected chi connectivity index (χ3v) is 5.20. The Morgan fingerprint density at radius 3 is 2.26 bits per heavy atom. The van der Waals surface area contributed by atoms with Crippen LogP contribution in [-0.4, -0.2) is 67.6 Å². The quantitative estimate of drug-likeness (QED) is 0.773. The Morgan fingerprint density at radius 2 is 1.74 bits per heavy atom. The summed E-state index contributed by atoms with van der Waals surface area (Å²) in [5, 5.41) is 3.06. The van der Waals surface area contributed by atoms with Crippen LogP contribution in [0.4, 0.5) is 0 Å². The highest BCUT2D eigenvalue weighted by Gasteiger charge is 2.34. The molecule has 0 atom stereocenters. The smallest absolute Gasteiger partial charge is 0.240 e. The summed E-state index contributed by atoms with van der Waals surface area (Å²) < 4.78 is 0. The molecule has 0 aromatic heterocycles. The van der Waals surface area contributed by atoms with Crippen LogP contribution in [0, 0.1) is 0 Å². The molecule has 1 saturated carbocycles. The second-order valence-corrected chi connectivity index (χ2v) is 7.01. The van der Waals surface area contributed by atoms with Crippen LogP contribution in [0.5, 0.6) is 0 Å². The van der Waals surface area contributed by atoms with Crippen molar-refractivity contribution in [2.75, 3.05) is 40.3 Å². The number of likely N-dealkylation sites (tertiary alicyclic amines) is 1. The highest BCUT2D eigenvalue weighted by molar-refractivity contribution is 5.86. The molecule has 1 amide bonds. The summed E-state index contributed by atoms with van der Waals surface area (Å²) in [4.78, 5) is 17.0. The molecule has 0 spiro atoms. The molecule has 23 heavy (non-hydrogen) atoms. The van der Waals surface area contributed by atoms with E-state index in [0.29, 0.717) is 6.04 Å². The largest absolute Gasteiger partial charge is 0.353 e. The second kappa shape index (κ2) is 10.7. The lowest BCUT2D eigenvalue weighted by Gasteiger charge is -2.35. The molecule has 0 aromatic rings. The van der Waals surface area contributed by atoms with Gasteiger partial charge in [0.05, 0.1) is 5.54 Å². The Morgan fingerprint density at radius 1 is 1.17 bits per heavy atom. The summed E-state index contributed by atoms with van der Waals surface area (Å²) >= 11 is 0. The van der Waals surface area contributed by atoms with Crippen molar-refractivity contribution in [3.63, 3.8) is 0 Å². The standard InChI is InChI=1S/C16H32N4O.2ClH/c1-19(2)14-6-11-20(12-7-14)13-10-18-15(21)16(17)8-4-3-5-9-16;;/h14H,3-13,17H2,1-2H3,(H,18,21);2*1H. The van der Waals surface area contributed by atoms with E-state index >= 15 is 0 Å². The van der Waals surface area contributed by atoms with Crippen LogP contribution in [0.2, 0.25) is 0 Å². The summed E-state index contributed by atoms with van der Waals surface area (Å²) in [6, 6.07) is 0.713. The molecule has 138 valence electrons. The molecule has 7 heteroatoms. The maximum Gasteiger partial charge on any atom is 0.240 e. The van der Waals surface area contributed by atoms with Crippen molar-refractivity contribution >= 4 is 30.7 Å². The Labute approximate surface area is 153 Å². The third kappa shape index (κ3) is 6.75. The van der Waals surface area contributed by atoms with Crippen molar-refractivity contribution in [1.82, 2.24) is 15.1 Å². The molecule has 1 aliphatic carbocycles. The van der Waals surface area contributed by atoms with Gasteiger partial charge in [-0.15, -0.1) is 24.8 Å². The van der Waals surface area contributed by atoms with E-state index in [4.69, 9.17) is 5.73 Å². The van der Waals surface area contributed by atoms with Crippen LogP contribution in [-0.2, 0) is 4.79 Å². The van der Waals surface area contributed by atoms with Gasteiger partial charge in [0.15, 0.2) is 0 Å². The first kappa shape index (κ1) is 22.9. The van der Waals surface area contributed by atoms with E-state index in [9.17, 15) is 4.79 Å². The summed E-state index contributed by atoms with van der Waals surface area (Å²) in [6.07, 6.45) is 7.51. The Balaban J connectivity index is 0.00000242. The van der Waals surface area contributed by atoms with E-state index in [1.165, 1.54) is 19.3 Å². The summed E-state index contributed by atoms with van der Waals surface area (Å²) in [5.41, 5.74) is 5.64. The maximum absolute atomic E-state index is 12.2. The van der Waals surface area contributed by atoms with Crippen molar-refractivity contribution in [3.05, 3.63) is 0 Å². The normalized spacial score (nSPS) is 22.1. The third-order valence-electron chi connectivity index (χ3n) is 5.20. The maximum atomic E-state index is 12.2. The first-order valence-corrected chi connectivity index (χ1v) is 8.47. The predicted octanol–water partition coefficient (Wildman–Crippen LogP) is 1.63. The van der Waals surface area contributed by atoms with Crippen LogP contribution >= 0.6 is 24.8 Å². The van der Waals surface area contributed by atoms with Crippen LogP contribution in [0.3, 0.4) is 0 Å². The highest BCUT2D eigenvalue weighted by atomic mass is 35.5. The number of hydrogen-bond donors (Lipinski definition) is 2. The molecule has 0 unspecified atom stereocenters. The van der Waals surface area contributed by atoms with E-state index in [0.717, 1.165) is 51.9 Å². The summed E-state index contributed by atoms with van der Waals surface area (Å²) in [5.74, 6) is 0.0605. The summed E-state index contributed by atoms with van der Waals surface area (Å²) in [6.45, 7) is 3.94. The Kier molecular flexibility index (Phi) is 10.7. The molecule has 5 nitrogen and oxygen atoms in total. The average Bonchev–Trinajstić information content (AvgIpc) is 2.48. The van der Waals surface area contributed by atoms with Gasteiger partial charge in [0.2, 0.25) is 5.91 Å². The van der Waals surface area contributed by atoms with E-state index in [2.05, 4.69) is 29.2 Å². The van der Waals surface area contributed by atoms with Crippen molar-refractivity contribution in [2.45, 2.75) is 56.5 Å². The van der Waals surface area contributed by atoms with Crippen LogP contribution in [0.25, 0.3) is 0 Å². The van der Waals surface area contributed by atoms with Crippen LogP contribution in [0.1, 0.15) is 44.9 Å². The monoisotopic (exact) mass is 368 g/mol. The number of nitrogens with one attached hydrogen (secondary N) is 1. The molecule has 0 aromatic carbocycles. The van der Waals surface area contributed by atoms with Gasteiger partial charge in [0, 0.05) is 19.1 Å². The first-order chi connectivity index (χ1) is 10.0. The van der Waals surface area contributed by atoms with Gasteiger partial charge < -0.3 is 20.9 Å². The van der Waals surface area contributed by atoms with Gasteiger partial charge >= 0.3 is 0 Å². The lowest BCUT2D eigenvalue weighted by Crippen LogP contribution is -2.56. The fraction of sp³-hybridized carbons (Fsp3) is 0.938. The number of halogens is 2. The van der Waals surface area contributed by atoms with Crippen LogP contribution < -0.4 is 11.1 Å². The van der Waals surface area contributed by atoms with Gasteiger partial charge in [0.1, 0.15) is 0 Å². The van der Waals surface area contributed by atoms with Gasteiger partial charge in [-0.05, 0) is 52.9 Å².